The van der Waals surface area contributed by atoms with Gasteiger partial charge in [0, 0.05) is 20.2 Å². The average Bonchev–Trinajstić information content (AvgIpc) is 3.27. The van der Waals surface area contributed by atoms with Gasteiger partial charge in [-0.15, -0.1) is 0 Å². The molecule has 0 amide bonds. The van der Waals surface area contributed by atoms with Gasteiger partial charge in [-0.05, 0) is 37.5 Å². The summed E-state index contributed by atoms with van der Waals surface area (Å²) in [7, 11) is -0.295. The molecule has 1 saturated heterocycles. The summed E-state index contributed by atoms with van der Waals surface area (Å²) in [6.07, 6.45) is 5.68. The summed E-state index contributed by atoms with van der Waals surface area (Å²) in [6.45, 7) is 1.03. The minimum absolute atomic E-state index is 0.00760. The van der Waals surface area contributed by atoms with Crippen LogP contribution in [0.2, 0.25) is 0 Å². The molecule has 0 unspecified atom stereocenters. The number of piperidine rings is 1. The van der Waals surface area contributed by atoms with Crippen molar-refractivity contribution >= 4 is 16.0 Å². The summed E-state index contributed by atoms with van der Waals surface area (Å²) < 4.78 is 37.8. The molecule has 3 fully saturated rings. The van der Waals surface area contributed by atoms with Crippen LogP contribution in [-0.2, 0) is 24.3 Å². The number of methoxy groups -OCH3 is 2. The van der Waals surface area contributed by atoms with Crippen molar-refractivity contribution in [3.63, 3.8) is 0 Å². The third kappa shape index (κ3) is 3.03. The van der Waals surface area contributed by atoms with Crippen LogP contribution in [0.5, 0.6) is 0 Å². The van der Waals surface area contributed by atoms with Crippen LogP contribution in [-0.4, -0.2) is 57.4 Å². The molecule has 0 aromatic heterocycles. The lowest BCUT2D eigenvalue weighted by molar-refractivity contribution is -0.143. The van der Waals surface area contributed by atoms with Crippen LogP contribution in [0.3, 0.4) is 0 Å². The first-order valence-electron chi connectivity index (χ1n) is 8.54. The van der Waals surface area contributed by atoms with E-state index in [0.717, 1.165) is 38.5 Å². The maximum Gasteiger partial charge on any atom is 0.309 e. The van der Waals surface area contributed by atoms with Crippen molar-refractivity contribution < 1.29 is 22.7 Å². The van der Waals surface area contributed by atoms with Gasteiger partial charge in [0.05, 0.1) is 19.1 Å². The molecule has 0 aromatic rings. The first kappa shape index (κ1) is 17.2. The standard InChI is InChI=1S/C16H27NO5S/c1-21-13-5-3-4-6-14(13)23(19,20)17-9-7-16(8-10-17)11-12(16)15(18)22-2/h12-14H,3-11H2,1-2H3/t12-,13-,14+/m0/s1. The number of hydrogen-bond donors (Lipinski definition) is 0. The SMILES string of the molecule is COC(=O)[C@@H]1CC12CCN(S(=O)(=O)[C@@H]1CCCC[C@@H]1OC)CC2. The van der Waals surface area contributed by atoms with Gasteiger partial charge < -0.3 is 9.47 Å². The van der Waals surface area contributed by atoms with Gasteiger partial charge in [0.2, 0.25) is 10.0 Å². The summed E-state index contributed by atoms with van der Waals surface area (Å²) in [5, 5.41) is -0.411. The topological polar surface area (TPSA) is 72.9 Å². The molecule has 23 heavy (non-hydrogen) atoms. The maximum atomic E-state index is 13.0. The zero-order chi connectivity index (χ0) is 16.7. The molecule has 0 bridgehead atoms. The Labute approximate surface area is 138 Å². The zero-order valence-electron chi connectivity index (χ0n) is 14.0. The molecular weight excluding hydrogens is 318 g/mol. The zero-order valence-corrected chi connectivity index (χ0v) is 14.8. The van der Waals surface area contributed by atoms with Crippen LogP contribution in [0.25, 0.3) is 0 Å². The van der Waals surface area contributed by atoms with Gasteiger partial charge in [0.1, 0.15) is 5.25 Å². The lowest BCUT2D eigenvalue weighted by Gasteiger charge is -2.37. The second-order valence-electron chi connectivity index (χ2n) is 7.18. The van der Waals surface area contributed by atoms with E-state index >= 15 is 0 Å². The highest BCUT2D eigenvalue weighted by Gasteiger charge is 2.60. The molecule has 3 rings (SSSR count). The molecule has 6 nitrogen and oxygen atoms in total. The van der Waals surface area contributed by atoms with Crippen LogP contribution in [0.1, 0.15) is 44.9 Å². The first-order valence-corrected chi connectivity index (χ1v) is 10.0. The number of carbonyl (C=O) groups excluding carboxylic acids is 1. The predicted molar refractivity (Wildman–Crippen MR) is 85.3 cm³/mol. The van der Waals surface area contributed by atoms with Crippen LogP contribution >= 0.6 is 0 Å². The first-order chi connectivity index (χ1) is 10.9. The average molecular weight is 345 g/mol. The molecular formula is C16H27NO5S. The Morgan fingerprint density at radius 3 is 2.39 bits per heavy atom. The van der Waals surface area contributed by atoms with Gasteiger partial charge in [-0.25, -0.2) is 12.7 Å². The molecule has 1 spiro atoms. The number of carbonyl (C=O) groups is 1. The summed E-state index contributed by atoms with van der Waals surface area (Å²) in [6, 6.07) is 0. The molecule has 1 heterocycles. The van der Waals surface area contributed by atoms with Crippen LogP contribution < -0.4 is 0 Å². The van der Waals surface area contributed by atoms with Crippen LogP contribution in [0.4, 0.5) is 0 Å². The monoisotopic (exact) mass is 345 g/mol. The molecule has 0 aromatic carbocycles. The van der Waals surface area contributed by atoms with E-state index in [2.05, 4.69) is 0 Å². The van der Waals surface area contributed by atoms with Gasteiger partial charge in [-0.1, -0.05) is 12.8 Å². The summed E-state index contributed by atoms with van der Waals surface area (Å²) in [4.78, 5) is 11.7. The number of sulfonamides is 1. The van der Waals surface area contributed by atoms with E-state index in [1.807, 2.05) is 0 Å². The molecule has 0 N–H and O–H groups in total. The third-order valence-corrected chi connectivity index (χ3v) is 8.47. The Hall–Kier alpha value is -0.660. The van der Waals surface area contributed by atoms with E-state index < -0.39 is 15.3 Å². The molecule has 2 saturated carbocycles. The Balaban J connectivity index is 1.64. The van der Waals surface area contributed by atoms with E-state index in [9.17, 15) is 13.2 Å². The largest absolute Gasteiger partial charge is 0.469 e. The minimum atomic E-state index is -3.32. The number of ether oxygens (including phenoxy) is 2. The fourth-order valence-electron chi connectivity index (χ4n) is 4.43. The molecule has 1 aliphatic heterocycles. The van der Waals surface area contributed by atoms with Crippen LogP contribution in [0.15, 0.2) is 0 Å². The molecule has 2 aliphatic carbocycles. The van der Waals surface area contributed by atoms with Crippen molar-refractivity contribution in [2.75, 3.05) is 27.3 Å². The van der Waals surface area contributed by atoms with E-state index in [0.29, 0.717) is 19.5 Å². The number of rotatable bonds is 4. The summed E-state index contributed by atoms with van der Waals surface area (Å²) >= 11 is 0. The van der Waals surface area contributed by atoms with Crippen molar-refractivity contribution in [2.45, 2.75) is 56.3 Å². The second-order valence-corrected chi connectivity index (χ2v) is 9.34. The summed E-state index contributed by atoms with van der Waals surface area (Å²) in [5.74, 6) is -0.174. The minimum Gasteiger partial charge on any atom is -0.469 e. The Kier molecular flexibility index (Phi) is 4.73. The van der Waals surface area contributed by atoms with Crippen molar-refractivity contribution in [1.82, 2.24) is 4.31 Å². The number of esters is 1. The van der Waals surface area contributed by atoms with Gasteiger partial charge in [0.25, 0.3) is 0 Å². The van der Waals surface area contributed by atoms with Gasteiger partial charge in [-0.2, -0.15) is 0 Å². The predicted octanol–water partition coefficient (Wildman–Crippen LogP) is 1.55. The van der Waals surface area contributed by atoms with E-state index in [-0.39, 0.29) is 23.4 Å². The highest BCUT2D eigenvalue weighted by atomic mass is 32.2. The highest BCUT2D eigenvalue weighted by Crippen LogP contribution is 2.60. The quantitative estimate of drug-likeness (QED) is 0.723. The maximum absolute atomic E-state index is 13.0. The molecule has 3 aliphatic rings. The van der Waals surface area contributed by atoms with Gasteiger partial charge in [-0.3, -0.25) is 4.79 Å². The smallest absolute Gasteiger partial charge is 0.309 e. The van der Waals surface area contributed by atoms with Gasteiger partial charge in [0.15, 0.2) is 0 Å². The van der Waals surface area contributed by atoms with E-state index in [1.54, 1.807) is 11.4 Å². The third-order valence-electron chi connectivity index (χ3n) is 6.08. The number of hydrogen-bond acceptors (Lipinski definition) is 5. The fraction of sp³-hybridized carbons (Fsp3) is 0.938. The normalized spacial score (nSPS) is 34.3. The van der Waals surface area contributed by atoms with E-state index in [4.69, 9.17) is 9.47 Å². The second kappa shape index (κ2) is 6.33. The van der Waals surface area contributed by atoms with E-state index in [1.165, 1.54) is 7.11 Å². The summed E-state index contributed by atoms with van der Waals surface area (Å²) in [5.41, 5.74) is -0.00760. The van der Waals surface area contributed by atoms with Crippen molar-refractivity contribution in [3.8, 4) is 0 Å². The Bertz CT molecular complexity index is 553. The lowest BCUT2D eigenvalue weighted by atomic mass is 9.92. The number of nitrogens with zero attached hydrogens (tertiary/aromatic N) is 1. The molecule has 3 atom stereocenters. The Morgan fingerprint density at radius 1 is 1.13 bits per heavy atom. The van der Waals surface area contributed by atoms with Crippen LogP contribution in [0, 0.1) is 11.3 Å². The van der Waals surface area contributed by atoms with Gasteiger partial charge >= 0.3 is 5.97 Å². The molecule has 0 radical (unpaired) electrons. The molecule has 7 heteroatoms. The molecule has 132 valence electrons. The van der Waals surface area contributed by atoms with Crippen molar-refractivity contribution in [2.24, 2.45) is 11.3 Å². The van der Waals surface area contributed by atoms with Crippen molar-refractivity contribution in [3.05, 3.63) is 0 Å². The Morgan fingerprint density at radius 2 is 1.78 bits per heavy atom. The fourth-order valence-corrected chi connectivity index (χ4v) is 6.60. The highest BCUT2D eigenvalue weighted by molar-refractivity contribution is 7.89. The van der Waals surface area contributed by atoms with Crippen molar-refractivity contribution in [1.29, 1.82) is 0 Å². The lowest BCUT2D eigenvalue weighted by Crippen LogP contribution is -2.49.